The Bertz CT molecular complexity index is 950. The van der Waals surface area contributed by atoms with Crippen LogP contribution >= 0.6 is 15.9 Å². The van der Waals surface area contributed by atoms with Crippen LogP contribution in [-0.2, 0) is 7.05 Å². The maximum atomic E-state index is 12.4. The molecule has 3 rings (SSSR count). The fourth-order valence-electron chi connectivity index (χ4n) is 2.33. The number of hydrogen-bond acceptors (Lipinski definition) is 5. The summed E-state index contributed by atoms with van der Waals surface area (Å²) in [6.07, 6.45) is 4.17. The molecule has 8 nitrogen and oxygen atoms in total. The number of benzene rings is 1. The summed E-state index contributed by atoms with van der Waals surface area (Å²) in [7, 11) is 1.81. The van der Waals surface area contributed by atoms with Gasteiger partial charge in [-0.1, -0.05) is 12.1 Å². The summed E-state index contributed by atoms with van der Waals surface area (Å²) in [6.45, 7) is 0. The topological polar surface area (TPSA) is 110 Å². The van der Waals surface area contributed by atoms with Crippen LogP contribution in [-0.4, -0.2) is 36.7 Å². The molecular formula is C16H12BrN5O3. The van der Waals surface area contributed by atoms with E-state index in [0.717, 1.165) is 15.7 Å². The predicted octanol–water partition coefficient (Wildman–Crippen LogP) is 2.59. The van der Waals surface area contributed by atoms with Crippen molar-refractivity contribution < 1.29 is 14.7 Å². The Morgan fingerprint density at radius 1 is 1.20 bits per heavy atom. The van der Waals surface area contributed by atoms with Gasteiger partial charge in [-0.15, -0.1) is 0 Å². The maximum absolute atomic E-state index is 12.4. The number of carbonyl (C=O) groups excluding carboxylic acids is 1. The third-order valence-electron chi connectivity index (χ3n) is 3.40. The van der Waals surface area contributed by atoms with E-state index in [9.17, 15) is 9.59 Å². The Hall–Kier alpha value is -3.07. The quantitative estimate of drug-likeness (QED) is 0.694. The van der Waals surface area contributed by atoms with Crippen LogP contribution in [0.3, 0.4) is 0 Å². The molecule has 1 aromatic carbocycles. The van der Waals surface area contributed by atoms with Gasteiger partial charge in [-0.25, -0.2) is 14.8 Å². The van der Waals surface area contributed by atoms with Crippen molar-refractivity contribution in [3.05, 3.63) is 58.7 Å². The molecule has 0 aliphatic heterocycles. The van der Waals surface area contributed by atoms with E-state index < -0.39 is 17.6 Å². The SMILES string of the molecule is Cn1ncc(Br)c1-c1cccc(NC(=O)c2nccnc2C(=O)O)c1. The van der Waals surface area contributed by atoms with Crippen molar-refractivity contribution in [2.45, 2.75) is 0 Å². The van der Waals surface area contributed by atoms with Crippen molar-refractivity contribution in [2.75, 3.05) is 5.32 Å². The Balaban J connectivity index is 1.91. The number of hydrogen-bond donors (Lipinski definition) is 2. The summed E-state index contributed by atoms with van der Waals surface area (Å²) in [5.41, 5.74) is 1.54. The molecule has 2 aromatic heterocycles. The minimum Gasteiger partial charge on any atom is -0.476 e. The van der Waals surface area contributed by atoms with E-state index in [-0.39, 0.29) is 5.69 Å². The second kappa shape index (κ2) is 6.81. The van der Waals surface area contributed by atoms with E-state index in [1.165, 1.54) is 12.4 Å². The number of aryl methyl sites for hydroxylation is 1. The average Bonchev–Trinajstić information content (AvgIpc) is 2.93. The lowest BCUT2D eigenvalue weighted by Gasteiger charge is -2.09. The van der Waals surface area contributed by atoms with Gasteiger partial charge in [-0.05, 0) is 28.1 Å². The summed E-state index contributed by atoms with van der Waals surface area (Å²) < 4.78 is 2.52. The zero-order valence-electron chi connectivity index (χ0n) is 13.0. The molecule has 0 fully saturated rings. The predicted molar refractivity (Wildman–Crippen MR) is 93.3 cm³/mol. The van der Waals surface area contributed by atoms with Crippen LogP contribution in [0.15, 0.2) is 47.3 Å². The molecule has 0 bridgehead atoms. The fourth-order valence-corrected chi connectivity index (χ4v) is 2.91. The van der Waals surface area contributed by atoms with E-state index >= 15 is 0 Å². The van der Waals surface area contributed by atoms with E-state index in [0.29, 0.717) is 5.69 Å². The van der Waals surface area contributed by atoms with E-state index in [1.54, 1.807) is 29.1 Å². The number of amides is 1. The zero-order valence-corrected chi connectivity index (χ0v) is 14.6. The van der Waals surface area contributed by atoms with E-state index in [1.807, 2.05) is 13.1 Å². The number of aromatic nitrogens is 4. The normalized spacial score (nSPS) is 10.5. The first kappa shape index (κ1) is 16.8. The van der Waals surface area contributed by atoms with Gasteiger partial charge < -0.3 is 10.4 Å². The highest BCUT2D eigenvalue weighted by molar-refractivity contribution is 9.10. The smallest absolute Gasteiger partial charge is 0.356 e. The van der Waals surface area contributed by atoms with Crippen molar-refractivity contribution >= 4 is 33.5 Å². The van der Waals surface area contributed by atoms with Crippen LogP contribution < -0.4 is 5.32 Å². The Morgan fingerprint density at radius 2 is 1.92 bits per heavy atom. The van der Waals surface area contributed by atoms with Gasteiger partial charge in [-0.3, -0.25) is 9.48 Å². The lowest BCUT2D eigenvalue weighted by molar-refractivity contribution is 0.0685. The van der Waals surface area contributed by atoms with Crippen molar-refractivity contribution in [1.29, 1.82) is 0 Å². The molecule has 0 saturated carbocycles. The molecule has 3 aromatic rings. The van der Waals surface area contributed by atoms with Gasteiger partial charge in [0.15, 0.2) is 11.4 Å². The van der Waals surface area contributed by atoms with Gasteiger partial charge in [0.25, 0.3) is 5.91 Å². The minimum atomic E-state index is -1.31. The van der Waals surface area contributed by atoms with Gasteiger partial charge in [0.2, 0.25) is 0 Å². The summed E-state index contributed by atoms with van der Waals surface area (Å²) >= 11 is 3.44. The van der Waals surface area contributed by atoms with Crippen molar-refractivity contribution in [1.82, 2.24) is 19.7 Å². The average molecular weight is 402 g/mol. The van der Waals surface area contributed by atoms with Crippen molar-refractivity contribution in [3.8, 4) is 11.3 Å². The third kappa shape index (κ3) is 3.41. The van der Waals surface area contributed by atoms with E-state index in [4.69, 9.17) is 5.11 Å². The van der Waals surface area contributed by atoms with Crippen molar-refractivity contribution in [2.24, 2.45) is 7.05 Å². The largest absolute Gasteiger partial charge is 0.476 e. The number of carboxylic acid groups (broad SMARTS) is 1. The first-order valence-corrected chi connectivity index (χ1v) is 7.90. The van der Waals surface area contributed by atoms with Gasteiger partial charge in [0, 0.05) is 30.7 Å². The Labute approximate surface area is 150 Å². The molecule has 0 spiro atoms. The summed E-state index contributed by atoms with van der Waals surface area (Å²) in [5.74, 6) is -1.96. The number of carbonyl (C=O) groups is 2. The second-order valence-corrected chi connectivity index (χ2v) is 5.91. The summed E-state index contributed by atoms with van der Waals surface area (Å²) in [5, 5.41) is 15.9. The number of halogens is 1. The number of nitrogens with zero attached hydrogens (tertiary/aromatic N) is 4. The lowest BCUT2D eigenvalue weighted by atomic mass is 10.1. The van der Waals surface area contributed by atoms with Gasteiger partial charge >= 0.3 is 5.97 Å². The highest BCUT2D eigenvalue weighted by Gasteiger charge is 2.19. The fraction of sp³-hybridized carbons (Fsp3) is 0.0625. The first-order valence-electron chi connectivity index (χ1n) is 7.11. The van der Waals surface area contributed by atoms with Crippen LogP contribution in [0.25, 0.3) is 11.3 Å². The molecule has 0 aliphatic rings. The summed E-state index contributed by atoms with van der Waals surface area (Å²) in [6, 6.07) is 7.11. The van der Waals surface area contributed by atoms with Crippen LogP contribution in [0.1, 0.15) is 21.0 Å². The van der Waals surface area contributed by atoms with E-state index in [2.05, 4.69) is 36.3 Å². The molecule has 1 amide bonds. The third-order valence-corrected chi connectivity index (χ3v) is 3.98. The molecule has 0 atom stereocenters. The maximum Gasteiger partial charge on any atom is 0.356 e. The Morgan fingerprint density at radius 3 is 2.56 bits per heavy atom. The van der Waals surface area contributed by atoms with Crippen LogP contribution in [0.2, 0.25) is 0 Å². The highest BCUT2D eigenvalue weighted by Crippen LogP contribution is 2.29. The zero-order chi connectivity index (χ0) is 18.0. The van der Waals surface area contributed by atoms with Crippen LogP contribution in [0.5, 0.6) is 0 Å². The Kier molecular flexibility index (Phi) is 4.57. The number of carboxylic acids is 1. The van der Waals surface area contributed by atoms with Gasteiger partial charge in [-0.2, -0.15) is 5.10 Å². The molecule has 9 heteroatoms. The van der Waals surface area contributed by atoms with Gasteiger partial charge in [0.05, 0.1) is 16.4 Å². The standard InChI is InChI=1S/C16H12BrN5O3/c1-22-14(11(17)8-20-22)9-3-2-4-10(7-9)21-15(23)12-13(16(24)25)19-6-5-18-12/h2-8H,1H3,(H,21,23)(H,24,25). The first-order chi connectivity index (χ1) is 12.0. The monoisotopic (exact) mass is 401 g/mol. The summed E-state index contributed by atoms with van der Waals surface area (Å²) in [4.78, 5) is 31.0. The molecule has 126 valence electrons. The minimum absolute atomic E-state index is 0.248. The number of nitrogens with one attached hydrogen (secondary N) is 1. The second-order valence-electron chi connectivity index (χ2n) is 5.06. The van der Waals surface area contributed by atoms with Crippen molar-refractivity contribution in [3.63, 3.8) is 0 Å². The number of anilines is 1. The molecular weight excluding hydrogens is 390 g/mol. The molecule has 0 radical (unpaired) electrons. The molecule has 2 heterocycles. The molecule has 0 unspecified atom stereocenters. The molecule has 0 aliphatic carbocycles. The number of rotatable bonds is 4. The van der Waals surface area contributed by atoms with Gasteiger partial charge in [0.1, 0.15) is 0 Å². The molecule has 0 saturated heterocycles. The molecule has 2 N–H and O–H groups in total. The number of aromatic carboxylic acids is 1. The highest BCUT2D eigenvalue weighted by atomic mass is 79.9. The lowest BCUT2D eigenvalue weighted by Crippen LogP contribution is -2.19. The van der Waals surface area contributed by atoms with Crippen LogP contribution in [0.4, 0.5) is 5.69 Å². The van der Waals surface area contributed by atoms with Crippen LogP contribution in [0, 0.1) is 0 Å². The molecule has 25 heavy (non-hydrogen) atoms.